The minimum absolute atomic E-state index is 0.106. The highest BCUT2D eigenvalue weighted by Crippen LogP contribution is 2.37. The molecule has 10 heteroatoms. The maximum absolute atomic E-state index is 13.7. The van der Waals surface area contributed by atoms with Crippen LogP contribution < -0.4 is 0 Å². The van der Waals surface area contributed by atoms with Gasteiger partial charge in [-0.3, -0.25) is 14.4 Å². The summed E-state index contributed by atoms with van der Waals surface area (Å²) in [5.41, 5.74) is 0. The smallest absolute Gasteiger partial charge is 0.328 e. The quantitative estimate of drug-likeness (QED) is 0.332. The van der Waals surface area contributed by atoms with Gasteiger partial charge in [-0.1, -0.05) is 11.6 Å². The molecule has 1 aromatic rings. The Morgan fingerprint density at radius 2 is 1.39 bits per heavy atom. The third-order valence-corrected chi connectivity index (χ3v) is 7.18. The second kappa shape index (κ2) is 12.0. The van der Waals surface area contributed by atoms with Crippen LogP contribution in [-0.2, 0) is 38.4 Å². The van der Waals surface area contributed by atoms with Crippen LogP contribution in [0.15, 0.2) is 29.2 Å². The highest BCUT2D eigenvalue weighted by atomic mass is 35.5. The van der Waals surface area contributed by atoms with Crippen LogP contribution in [0.4, 0.5) is 0 Å². The van der Waals surface area contributed by atoms with Crippen LogP contribution >= 0.6 is 11.6 Å². The third kappa shape index (κ3) is 7.21. The molecule has 0 aliphatic rings. The second-order valence-electron chi connectivity index (χ2n) is 7.02. The average molecular weight is 477 g/mol. The van der Waals surface area contributed by atoms with Gasteiger partial charge < -0.3 is 14.2 Å². The lowest BCUT2D eigenvalue weighted by Crippen LogP contribution is -2.49. The van der Waals surface area contributed by atoms with Gasteiger partial charge in [-0.2, -0.15) is 0 Å². The van der Waals surface area contributed by atoms with E-state index in [9.17, 15) is 22.8 Å². The van der Waals surface area contributed by atoms with Crippen LogP contribution in [-0.4, -0.2) is 50.4 Å². The van der Waals surface area contributed by atoms with E-state index in [1.165, 1.54) is 24.3 Å². The molecular weight excluding hydrogens is 448 g/mol. The van der Waals surface area contributed by atoms with Gasteiger partial charge in [-0.15, -0.1) is 0 Å². The van der Waals surface area contributed by atoms with Crippen molar-refractivity contribution in [2.75, 3.05) is 13.2 Å². The van der Waals surface area contributed by atoms with Crippen LogP contribution in [0.25, 0.3) is 0 Å². The number of halogens is 1. The maximum Gasteiger partial charge on any atom is 0.328 e. The molecule has 0 N–H and O–H groups in total. The number of ether oxygens (including phenoxy) is 3. The first-order chi connectivity index (χ1) is 14.5. The Balaban J connectivity index is 3.53. The molecule has 0 spiro atoms. The van der Waals surface area contributed by atoms with Crippen molar-refractivity contribution in [3.05, 3.63) is 29.3 Å². The summed E-state index contributed by atoms with van der Waals surface area (Å²) in [4.78, 5) is 37.0. The summed E-state index contributed by atoms with van der Waals surface area (Å²) in [5.74, 6) is -2.36. The molecule has 0 unspecified atom stereocenters. The zero-order chi connectivity index (χ0) is 23.7. The standard InChI is InChI=1S/C21H29ClO8S/c1-5-28-18(23)11-13-21(20(25)30-15(3)4,14-12-19(24)29-6-2)31(26,27)17-9-7-16(22)8-10-17/h7-10,15H,5-6,11-14H2,1-4H3. The number of hydrogen-bond donors (Lipinski definition) is 0. The van der Waals surface area contributed by atoms with Crippen molar-refractivity contribution in [1.82, 2.24) is 0 Å². The Morgan fingerprint density at radius 3 is 1.77 bits per heavy atom. The molecule has 0 heterocycles. The topological polar surface area (TPSA) is 113 Å². The zero-order valence-electron chi connectivity index (χ0n) is 18.2. The number of rotatable bonds is 12. The molecule has 0 aromatic heterocycles. The lowest BCUT2D eigenvalue weighted by Gasteiger charge is -2.31. The highest BCUT2D eigenvalue weighted by molar-refractivity contribution is 7.93. The molecule has 1 rings (SSSR count). The molecule has 1 aromatic carbocycles. The Kier molecular flexibility index (Phi) is 10.5. The molecule has 8 nitrogen and oxygen atoms in total. The first kappa shape index (κ1) is 26.9. The first-order valence-corrected chi connectivity index (χ1v) is 11.9. The summed E-state index contributed by atoms with van der Waals surface area (Å²) in [5, 5.41) is 0.312. The van der Waals surface area contributed by atoms with E-state index in [-0.39, 0.29) is 31.0 Å². The van der Waals surface area contributed by atoms with Gasteiger partial charge in [-0.25, -0.2) is 8.42 Å². The number of carbonyl (C=O) groups is 3. The number of hydrogen-bond acceptors (Lipinski definition) is 8. The van der Waals surface area contributed by atoms with Crippen molar-refractivity contribution >= 4 is 39.3 Å². The molecule has 174 valence electrons. The molecule has 0 atom stereocenters. The summed E-state index contributed by atoms with van der Waals surface area (Å²) in [6.45, 7) is 6.60. The van der Waals surface area contributed by atoms with Crippen molar-refractivity contribution in [2.24, 2.45) is 0 Å². The number of sulfone groups is 1. The third-order valence-electron chi connectivity index (χ3n) is 4.43. The van der Waals surface area contributed by atoms with Crippen molar-refractivity contribution in [1.29, 1.82) is 0 Å². The first-order valence-electron chi connectivity index (χ1n) is 10.0. The van der Waals surface area contributed by atoms with E-state index < -0.39 is 51.4 Å². The lowest BCUT2D eigenvalue weighted by atomic mass is 9.96. The minimum atomic E-state index is -4.39. The largest absolute Gasteiger partial charge is 0.466 e. The fraction of sp³-hybridized carbons (Fsp3) is 0.571. The minimum Gasteiger partial charge on any atom is -0.466 e. The second-order valence-corrected chi connectivity index (χ2v) is 9.71. The highest BCUT2D eigenvalue weighted by Gasteiger charge is 2.53. The van der Waals surface area contributed by atoms with Gasteiger partial charge in [0.2, 0.25) is 0 Å². The van der Waals surface area contributed by atoms with E-state index in [2.05, 4.69) is 0 Å². The maximum atomic E-state index is 13.7. The summed E-state index contributed by atoms with van der Waals surface area (Å²) in [7, 11) is -4.39. The SMILES string of the molecule is CCOC(=O)CCC(CCC(=O)OCC)(C(=O)OC(C)C)S(=O)(=O)c1ccc(Cl)cc1. The van der Waals surface area contributed by atoms with E-state index in [0.717, 1.165) is 0 Å². The van der Waals surface area contributed by atoms with E-state index in [1.54, 1.807) is 27.7 Å². The van der Waals surface area contributed by atoms with E-state index >= 15 is 0 Å². The van der Waals surface area contributed by atoms with Gasteiger partial charge in [0.15, 0.2) is 14.6 Å². The van der Waals surface area contributed by atoms with Crippen molar-refractivity contribution in [3.8, 4) is 0 Å². The summed E-state index contributed by atoms with van der Waals surface area (Å²) in [6.07, 6.45) is -2.14. The summed E-state index contributed by atoms with van der Waals surface area (Å²) in [6, 6.07) is 5.29. The fourth-order valence-corrected chi connectivity index (χ4v) is 5.02. The predicted molar refractivity (Wildman–Crippen MR) is 114 cm³/mol. The molecule has 0 radical (unpaired) electrons. The van der Waals surface area contributed by atoms with Gasteiger partial charge in [0.25, 0.3) is 0 Å². The van der Waals surface area contributed by atoms with Gasteiger partial charge in [-0.05, 0) is 64.8 Å². The number of benzene rings is 1. The Bertz CT molecular complexity index is 840. The van der Waals surface area contributed by atoms with Crippen LogP contribution in [0.3, 0.4) is 0 Å². The normalized spacial score (nSPS) is 11.8. The molecular formula is C21H29ClO8S. The van der Waals surface area contributed by atoms with Crippen LogP contribution in [0.1, 0.15) is 53.4 Å². The van der Waals surface area contributed by atoms with Crippen LogP contribution in [0, 0.1) is 0 Å². The van der Waals surface area contributed by atoms with E-state index in [1.807, 2.05) is 0 Å². The van der Waals surface area contributed by atoms with E-state index in [0.29, 0.717) is 5.02 Å². The molecule has 31 heavy (non-hydrogen) atoms. The van der Waals surface area contributed by atoms with Crippen molar-refractivity contribution < 1.29 is 37.0 Å². The molecule has 0 fully saturated rings. The number of esters is 3. The molecule has 0 amide bonds. The van der Waals surface area contributed by atoms with Gasteiger partial charge >= 0.3 is 17.9 Å². The average Bonchev–Trinajstić information content (AvgIpc) is 2.68. The van der Waals surface area contributed by atoms with Gasteiger partial charge in [0.05, 0.1) is 24.2 Å². The Morgan fingerprint density at radius 1 is 0.935 bits per heavy atom. The summed E-state index contributed by atoms with van der Waals surface area (Å²) >= 11 is 5.87. The van der Waals surface area contributed by atoms with Crippen molar-refractivity contribution in [2.45, 2.75) is 69.1 Å². The summed E-state index contributed by atoms with van der Waals surface area (Å²) < 4.78 is 40.3. The molecule has 0 saturated heterocycles. The fourth-order valence-electron chi connectivity index (χ4n) is 2.94. The van der Waals surface area contributed by atoms with Crippen molar-refractivity contribution in [3.63, 3.8) is 0 Å². The van der Waals surface area contributed by atoms with Crippen LogP contribution in [0.2, 0.25) is 5.02 Å². The predicted octanol–water partition coefficient (Wildman–Crippen LogP) is 3.49. The van der Waals surface area contributed by atoms with Gasteiger partial charge in [0.1, 0.15) is 0 Å². The zero-order valence-corrected chi connectivity index (χ0v) is 19.8. The van der Waals surface area contributed by atoms with Gasteiger partial charge in [0, 0.05) is 17.9 Å². The molecule has 0 bridgehead atoms. The number of carbonyl (C=O) groups excluding carboxylic acids is 3. The lowest BCUT2D eigenvalue weighted by molar-refractivity contribution is -0.152. The van der Waals surface area contributed by atoms with E-state index in [4.69, 9.17) is 25.8 Å². The molecule has 0 aliphatic heterocycles. The molecule has 0 saturated carbocycles. The molecule has 0 aliphatic carbocycles. The monoisotopic (exact) mass is 476 g/mol. The Hall–Kier alpha value is -2.13. The Labute approximate surface area is 188 Å². The van der Waals surface area contributed by atoms with Crippen LogP contribution in [0.5, 0.6) is 0 Å².